The number of anilines is 2. The highest BCUT2D eigenvalue weighted by Crippen LogP contribution is 2.21. The Morgan fingerprint density at radius 1 is 1.00 bits per heavy atom. The van der Waals surface area contributed by atoms with E-state index >= 15 is 0 Å². The van der Waals surface area contributed by atoms with E-state index in [1.165, 1.54) is 4.90 Å². The average molecular weight is 627 g/mol. The lowest BCUT2D eigenvalue weighted by Crippen LogP contribution is -2.34. The second-order valence-corrected chi connectivity index (χ2v) is 10.7. The summed E-state index contributed by atoms with van der Waals surface area (Å²) < 4.78 is 7.02. The lowest BCUT2D eigenvalue weighted by atomic mass is 10.1. The number of carbonyl (C=O) groups is 3. The van der Waals surface area contributed by atoms with Crippen molar-refractivity contribution >= 4 is 46.3 Å². The first-order valence-electron chi connectivity index (χ1n) is 15.6. The van der Waals surface area contributed by atoms with Crippen molar-refractivity contribution in [2.24, 2.45) is 17.8 Å². The van der Waals surface area contributed by atoms with Gasteiger partial charge in [0.05, 0.1) is 30.6 Å². The molecule has 4 aromatic rings. The van der Waals surface area contributed by atoms with Crippen LogP contribution < -0.4 is 21.3 Å². The summed E-state index contributed by atoms with van der Waals surface area (Å²) >= 11 is 0. The van der Waals surface area contributed by atoms with Crippen LogP contribution in [-0.4, -0.2) is 58.0 Å². The molecule has 3 amide bonds. The van der Waals surface area contributed by atoms with Crippen LogP contribution in [0, 0.1) is 0 Å². The maximum atomic E-state index is 13.6. The van der Waals surface area contributed by atoms with Gasteiger partial charge in [0.15, 0.2) is 0 Å². The van der Waals surface area contributed by atoms with Gasteiger partial charge >= 0.3 is 12.0 Å². The number of nitrogens with zero attached hydrogens (tertiary/aromatic N) is 5. The van der Waals surface area contributed by atoms with Crippen LogP contribution in [0.1, 0.15) is 67.7 Å². The number of urea groups is 1. The first-order valence-corrected chi connectivity index (χ1v) is 15.6. The number of amidine groups is 1. The van der Waals surface area contributed by atoms with Crippen LogP contribution in [-0.2, 0) is 23.1 Å². The molecule has 12 heteroatoms. The third-order valence-electron chi connectivity index (χ3n) is 7.40. The number of carbonyl (C=O) groups excluding carboxylic acids is 3. The Labute approximate surface area is 269 Å². The van der Waals surface area contributed by atoms with Crippen LogP contribution in [0.3, 0.4) is 0 Å². The highest BCUT2D eigenvalue weighted by Gasteiger charge is 2.21. The zero-order chi connectivity index (χ0) is 32.9. The Hall–Kier alpha value is -5.26. The molecule has 0 spiro atoms. The third kappa shape index (κ3) is 9.13. The molecule has 0 fully saturated rings. The van der Waals surface area contributed by atoms with Gasteiger partial charge in [0.2, 0.25) is 0 Å². The second-order valence-electron chi connectivity index (χ2n) is 10.7. The van der Waals surface area contributed by atoms with Crippen LogP contribution in [0.25, 0.3) is 11.0 Å². The third-order valence-corrected chi connectivity index (χ3v) is 7.40. The molecule has 0 aliphatic carbocycles. The summed E-state index contributed by atoms with van der Waals surface area (Å²) in [6.07, 6.45) is 5.93. The number of amides is 3. The molecule has 4 N–H and O–H groups in total. The number of nitrogens with one attached hydrogen (secondary N) is 2. The highest BCUT2D eigenvalue weighted by molar-refractivity contribution is 6.07. The summed E-state index contributed by atoms with van der Waals surface area (Å²) in [5.74, 6) is 0.700. The van der Waals surface area contributed by atoms with Crippen molar-refractivity contribution in [1.29, 1.82) is 0 Å². The van der Waals surface area contributed by atoms with Gasteiger partial charge in [-0.15, -0.1) is 0 Å². The Kier molecular flexibility index (Phi) is 12.2. The number of ether oxygens (including phenoxy) is 1. The summed E-state index contributed by atoms with van der Waals surface area (Å²) in [6, 6.07) is 17.5. The van der Waals surface area contributed by atoms with Crippen molar-refractivity contribution in [3.8, 4) is 0 Å². The van der Waals surface area contributed by atoms with Gasteiger partial charge in [0, 0.05) is 43.1 Å². The van der Waals surface area contributed by atoms with Gasteiger partial charge in [-0.3, -0.25) is 14.5 Å². The number of hydrogen-bond acceptors (Lipinski definition) is 7. The molecule has 242 valence electrons. The number of nitrogens with two attached hydrogens (primary N) is 1. The normalized spacial score (nSPS) is 11.3. The number of benzene rings is 2. The quantitative estimate of drug-likeness (QED) is 0.0706. The molecule has 0 saturated carbocycles. The number of aryl methyl sites for hydroxylation is 1. The Morgan fingerprint density at radius 2 is 1.78 bits per heavy atom. The van der Waals surface area contributed by atoms with Crippen LogP contribution >= 0.6 is 0 Å². The zero-order valence-corrected chi connectivity index (χ0v) is 26.7. The standard InChI is InChI=1S/C34H42N8O4/c1-4-6-7-9-20-37-34(45)40-32(35)24-12-15-26(16-13-24)38-23-30-39-27-22-25(14-17-28(27)41(30)3)33(44)42(21-18-31(43)46-5-2)29-11-8-10-19-36-29/h8,10-17,19,22,38H,4-7,9,18,20-21,23H2,1-3H3,(H3,35,37,40,45). The second kappa shape index (κ2) is 16.7. The first-order chi connectivity index (χ1) is 22.3. The van der Waals surface area contributed by atoms with Crippen LogP contribution in [0.4, 0.5) is 16.3 Å². The van der Waals surface area contributed by atoms with E-state index in [2.05, 4.69) is 27.5 Å². The summed E-state index contributed by atoms with van der Waals surface area (Å²) in [7, 11) is 1.92. The molecule has 0 unspecified atom stereocenters. The minimum Gasteiger partial charge on any atom is -0.466 e. The van der Waals surface area contributed by atoms with Gasteiger partial charge in [-0.1, -0.05) is 32.3 Å². The van der Waals surface area contributed by atoms with Gasteiger partial charge < -0.3 is 25.7 Å². The van der Waals surface area contributed by atoms with Crippen LogP contribution in [0.5, 0.6) is 0 Å². The van der Waals surface area contributed by atoms with E-state index in [4.69, 9.17) is 15.5 Å². The number of pyridine rings is 1. The van der Waals surface area contributed by atoms with E-state index in [0.717, 1.165) is 42.7 Å². The molecule has 2 heterocycles. The van der Waals surface area contributed by atoms with Crippen LogP contribution in [0.2, 0.25) is 0 Å². The number of fused-ring (bicyclic) bond motifs is 1. The topological polar surface area (TPSA) is 157 Å². The molecule has 0 bridgehead atoms. The lowest BCUT2D eigenvalue weighted by Gasteiger charge is -2.21. The predicted molar refractivity (Wildman–Crippen MR) is 180 cm³/mol. The number of unbranched alkanes of at least 4 members (excludes halogenated alkanes) is 3. The van der Waals surface area contributed by atoms with E-state index < -0.39 is 6.03 Å². The summed E-state index contributed by atoms with van der Waals surface area (Å²) in [6.45, 7) is 5.30. The van der Waals surface area contributed by atoms with Gasteiger partial charge in [0.25, 0.3) is 5.91 Å². The summed E-state index contributed by atoms with van der Waals surface area (Å²) in [5, 5.41) is 6.13. The molecule has 0 aliphatic heterocycles. The average Bonchev–Trinajstić information content (AvgIpc) is 3.38. The van der Waals surface area contributed by atoms with Crippen molar-refractivity contribution in [1.82, 2.24) is 19.9 Å². The Morgan fingerprint density at radius 3 is 2.50 bits per heavy atom. The number of imidazole rings is 1. The monoisotopic (exact) mass is 626 g/mol. The highest BCUT2D eigenvalue weighted by atomic mass is 16.5. The van der Waals surface area contributed by atoms with Gasteiger partial charge in [0.1, 0.15) is 17.5 Å². The van der Waals surface area contributed by atoms with E-state index in [1.807, 2.05) is 29.8 Å². The van der Waals surface area contributed by atoms with Gasteiger partial charge in [-0.2, -0.15) is 4.99 Å². The number of rotatable bonds is 15. The van der Waals surface area contributed by atoms with Crippen molar-refractivity contribution in [3.63, 3.8) is 0 Å². The molecular weight excluding hydrogens is 584 g/mol. The van der Waals surface area contributed by atoms with Crippen molar-refractivity contribution in [3.05, 3.63) is 83.8 Å². The van der Waals surface area contributed by atoms with Crippen molar-refractivity contribution in [2.75, 3.05) is 29.9 Å². The zero-order valence-electron chi connectivity index (χ0n) is 26.7. The van der Waals surface area contributed by atoms with Crippen molar-refractivity contribution < 1.29 is 19.1 Å². The minimum absolute atomic E-state index is 0.0483. The molecular formula is C34H42N8O4. The van der Waals surface area contributed by atoms with Gasteiger partial charge in [-0.25, -0.2) is 14.8 Å². The Bertz CT molecular complexity index is 1650. The van der Waals surface area contributed by atoms with E-state index in [9.17, 15) is 14.4 Å². The van der Waals surface area contributed by atoms with Crippen LogP contribution in [0.15, 0.2) is 71.9 Å². The first kappa shape index (κ1) is 33.6. The SMILES string of the molecule is CCCCCCNC(=O)/N=C(\N)c1ccc(NCc2nc3cc(C(=O)N(CCC(=O)OCC)c4ccccn4)ccc3n2C)cc1. The lowest BCUT2D eigenvalue weighted by molar-refractivity contribution is -0.142. The maximum Gasteiger partial charge on any atom is 0.342 e. The minimum atomic E-state index is -0.441. The molecule has 0 radical (unpaired) electrons. The molecule has 12 nitrogen and oxygen atoms in total. The van der Waals surface area contributed by atoms with E-state index in [-0.39, 0.29) is 37.3 Å². The maximum absolute atomic E-state index is 13.6. The number of hydrogen-bond donors (Lipinski definition) is 3. The molecule has 4 rings (SSSR count). The summed E-state index contributed by atoms with van der Waals surface area (Å²) in [5.41, 5.74) is 9.51. The molecule has 2 aromatic carbocycles. The molecule has 0 atom stereocenters. The number of aromatic nitrogens is 3. The van der Waals surface area contributed by atoms with E-state index in [0.29, 0.717) is 35.6 Å². The van der Waals surface area contributed by atoms with E-state index in [1.54, 1.807) is 55.6 Å². The molecule has 0 saturated heterocycles. The smallest absolute Gasteiger partial charge is 0.342 e. The fourth-order valence-corrected chi connectivity index (χ4v) is 4.87. The Balaban J connectivity index is 1.41. The fraction of sp³-hybridized carbons (Fsp3) is 0.353. The molecule has 2 aromatic heterocycles. The summed E-state index contributed by atoms with van der Waals surface area (Å²) in [4.78, 5) is 52.3. The number of aliphatic imine (C=N–C) groups is 1. The molecule has 0 aliphatic rings. The van der Waals surface area contributed by atoms with Crippen molar-refractivity contribution in [2.45, 2.75) is 52.5 Å². The molecule has 46 heavy (non-hydrogen) atoms. The van der Waals surface area contributed by atoms with Gasteiger partial charge in [-0.05, 0) is 67.9 Å². The number of esters is 1. The predicted octanol–water partition coefficient (Wildman–Crippen LogP) is 5.18. The largest absolute Gasteiger partial charge is 0.466 e. The fourth-order valence-electron chi connectivity index (χ4n) is 4.87.